The number of hydrogen-bond acceptors (Lipinski definition) is 6. The number of unbranched alkanes of at least 4 members (excludes halogenated alkanes) is 1. The normalized spacial score (nSPS) is 10.2. The van der Waals surface area contributed by atoms with Crippen molar-refractivity contribution < 1.29 is 23.9 Å². The van der Waals surface area contributed by atoms with E-state index >= 15 is 0 Å². The molecule has 1 aromatic rings. The molecule has 0 unspecified atom stereocenters. The van der Waals surface area contributed by atoms with E-state index < -0.39 is 10.9 Å². The number of nitro groups is 1. The Hall–Kier alpha value is -2.15. The summed E-state index contributed by atoms with van der Waals surface area (Å²) < 4.78 is 15.2. The third kappa shape index (κ3) is 5.39. The quantitative estimate of drug-likeness (QED) is 0.301. The minimum Gasteiger partial charge on any atom is -0.484 e. The van der Waals surface area contributed by atoms with Crippen LogP contribution >= 0.6 is 0 Å². The average Bonchev–Trinajstić information content (AvgIpc) is 2.49. The number of rotatable bonds is 9. The number of benzene rings is 1. The summed E-state index contributed by atoms with van der Waals surface area (Å²) in [7, 11) is 1.24. The van der Waals surface area contributed by atoms with Gasteiger partial charge in [-0.25, -0.2) is 4.79 Å². The zero-order chi connectivity index (χ0) is 15.7. The molecule has 7 nitrogen and oxygen atoms in total. The van der Waals surface area contributed by atoms with Gasteiger partial charge in [-0.15, -0.1) is 0 Å². The molecule has 0 aliphatic heterocycles. The molecule has 1 rings (SSSR count). The molecule has 0 saturated carbocycles. The molecule has 0 bridgehead atoms. The van der Waals surface area contributed by atoms with Crippen LogP contribution in [0.15, 0.2) is 18.2 Å². The summed E-state index contributed by atoms with van der Waals surface area (Å²) in [5.74, 6) is -0.545. The molecule has 1 aromatic carbocycles. The summed E-state index contributed by atoms with van der Waals surface area (Å²) >= 11 is 0. The Morgan fingerprint density at radius 2 is 2.05 bits per heavy atom. The molecular formula is C14H19NO6. The van der Waals surface area contributed by atoms with Gasteiger partial charge in [0.05, 0.1) is 24.2 Å². The van der Waals surface area contributed by atoms with Gasteiger partial charge in [0.2, 0.25) is 0 Å². The molecule has 0 saturated heterocycles. The predicted octanol–water partition coefficient (Wildman–Crippen LogP) is 2.58. The SMILES string of the molecule is CCCCOCCOc1cc(C(=O)OC)ccc1[N+](=O)[O-]. The largest absolute Gasteiger partial charge is 0.484 e. The maximum absolute atomic E-state index is 11.4. The van der Waals surface area contributed by atoms with E-state index in [0.717, 1.165) is 12.8 Å². The summed E-state index contributed by atoms with van der Waals surface area (Å²) in [5.41, 5.74) is 0.00112. The molecule has 0 aliphatic rings. The summed E-state index contributed by atoms with van der Waals surface area (Å²) in [5, 5.41) is 10.9. The van der Waals surface area contributed by atoms with Crippen LogP contribution in [0, 0.1) is 10.1 Å². The lowest BCUT2D eigenvalue weighted by Gasteiger charge is -2.08. The lowest BCUT2D eigenvalue weighted by molar-refractivity contribution is -0.385. The van der Waals surface area contributed by atoms with Gasteiger partial charge < -0.3 is 14.2 Å². The van der Waals surface area contributed by atoms with Gasteiger partial charge in [-0.1, -0.05) is 13.3 Å². The first kappa shape index (κ1) is 16.9. The number of hydrogen-bond donors (Lipinski definition) is 0. The van der Waals surface area contributed by atoms with E-state index in [0.29, 0.717) is 13.2 Å². The maximum Gasteiger partial charge on any atom is 0.337 e. The van der Waals surface area contributed by atoms with Crippen molar-refractivity contribution in [3.63, 3.8) is 0 Å². The van der Waals surface area contributed by atoms with E-state index in [1.54, 1.807) is 0 Å². The Morgan fingerprint density at radius 3 is 2.67 bits per heavy atom. The zero-order valence-corrected chi connectivity index (χ0v) is 12.2. The highest BCUT2D eigenvalue weighted by Crippen LogP contribution is 2.28. The highest BCUT2D eigenvalue weighted by atomic mass is 16.6. The van der Waals surface area contributed by atoms with Crippen LogP contribution in [0.1, 0.15) is 30.1 Å². The van der Waals surface area contributed by atoms with Crippen molar-refractivity contribution in [2.45, 2.75) is 19.8 Å². The first-order valence-corrected chi connectivity index (χ1v) is 6.67. The molecule has 0 spiro atoms. The maximum atomic E-state index is 11.4. The number of carbonyl (C=O) groups excluding carboxylic acids is 1. The van der Waals surface area contributed by atoms with E-state index in [2.05, 4.69) is 11.7 Å². The molecule has 0 N–H and O–H groups in total. The highest BCUT2D eigenvalue weighted by Gasteiger charge is 2.18. The second-order valence-electron chi connectivity index (χ2n) is 4.25. The monoisotopic (exact) mass is 297 g/mol. The second-order valence-corrected chi connectivity index (χ2v) is 4.25. The fraction of sp³-hybridized carbons (Fsp3) is 0.500. The topological polar surface area (TPSA) is 87.9 Å². The van der Waals surface area contributed by atoms with Gasteiger partial charge >= 0.3 is 11.7 Å². The predicted molar refractivity (Wildman–Crippen MR) is 75.7 cm³/mol. The number of carbonyl (C=O) groups is 1. The number of nitrogens with zero attached hydrogens (tertiary/aromatic N) is 1. The Morgan fingerprint density at radius 1 is 1.29 bits per heavy atom. The first-order chi connectivity index (χ1) is 10.1. The number of nitro benzene ring substituents is 1. The Labute approximate surface area is 123 Å². The Kier molecular flexibility index (Phi) is 7.17. The van der Waals surface area contributed by atoms with Crippen molar-refractivity contribution in [2.24, 2.45) is 0 Å². The highest BCUT2D eigenvalue weighted by molar-refractivity contribution is 5.90. The molecule has 0 fully saturated rings. The fourth-order valence-corrected chi connectivity index (χ4v) is 1.58. The van der Waals surface area contributed by atoms with Crippen molar-refractivity contribution in [1.29, 1.82) is 0 Å². The van der Waals surface area contributed by atoms with Crippen molar-refractivity contribution in [1.82, 2.24) is 0 Å². The molecule has 0 aliphatic carbocycles. The van der Waals surface area contributed by atoms with Gasteiger partial charge in [-0.3, -0.25) is 10.1 Å². The average molecular weight is 297 g/mol. The zero-order valence-electron chi connectivity index (χ0n) is 12.2. The van der Waals surface area contributed by atoms with Crippen LogP contribution in [-0.4, -0.2) is 37.8 Å². The van der Waals surface area contributed by atoms with Crippen LogP contribution in [0.4, 0.5) is 5.69 Å². The van der Waals surface area contributed by atoms with Crippen LogP contribution in [0.3, 0.4) is 0 Å². The van der Waals surface area contributed by atoms with E-state index in [1.165, 1.54) is 25.3 Å². The first-order valence-electron chi connectivity index (χ1n) is 6.67. The van der Waals surface area contributed by atoms with E-state index in [1.807, 2.05) is 0 Å². The number of ether oxygens (including phenoxy) is 3. The van der Waals surface area contributed by atoms with E-state index in [9.17, 15) is 14.9 Å². The molecule has 0 radical (unpaired) electrons. The van der Waals surface area contributed by atoms with Crippen LogP contribution in [0.5, 0.6) is 5.75 Å². The van der Waals surface area contributed by atoms with Gasteiger partial charge in [0.15, 0.2) is 5.75 Å². The number of esters is 1. The van der Waals surface area contributed by atoms with Crippen molar-refractivity contribution in [3.05, 3.63) is 33.9 Å². The molecule has 0 aromatic heterocycles. The third-order valence-electron chi connectivity index (χ3n) is 2.71. The molecule has 116 valence electrons. The Bertz CT molecular complexity index is 488. The number of methoxy groups -OCH3 is 1. The van der Waals surface area contributed by atoms with Gasteiger partial charge in [0.25, 0.3) is 0 Å². The smallest absolute Gasteiger partial charge is 0.337 e. The van der Waals surface area contributed by atoms with Gasteiger partial charge in [0.1, 0.15) is 6.61 Å². The van der Waals surface area contributed by atoms with Gasteiger partial charge in [-0.2, -0.15) is 0 Å². The molecule has 0 amide bonds. The lowest BCUT2D eigenvalue weighted by Crippen LogP contribution is -2.09. The summed E-state index contributed by atoms with van der Waals surface area (Å²) in [6, 6.07) is 3.85. The van der Waals surface area contributed by atoms with Crippen LogP contribution in [0.25, 0.3) is 0 Å². The minimum absolute atomic E-state index is 0.0296. The third-order valence-corrected chi connectivity index (χ3v) is 2.71. The second kappa shape index (κ2) is 8.91. The lowest BCUT2D eigenvalue weighted by atomic mass is 10.2. The minimum atomic E-state index is -0.575. The van der Waals surface area contributed by atoms with Crippen molar-refractivity contribution in [2.75, 3.05) is 26.9 Å². The van der Waals surface area contributed by atoms with Crippen molar-refractivity contribution >= 4 is 11.7 Å². The molecule has 0 atom stereocenters. The van der Waals surface area contributed by atoms with E-state index in [4.69, 9.17) is 9.47 Å². The van der Waals surface area contributed by atoms with Crippen molar-refractivity contribution in [3.8, 4) is 5.75 Å². The van der Waals surface area contributed by atoms with Gasteiger partial charge in [-0.05, 0) is 12.5 Å². The molecule has 21 heavy (non-hydrogen) atoms. The standard InChI is InChI=1S/C14H19NO6/c1-3-4-7-20-8-9-21-13-10-11(14(16)19-2)5-6-12(13)15(17)18/h5-6,10H,3-4,7-9H2,1-2H3. The van der Waals surface area contributed by atoms with Crippen LogP contribution in [0.2, 0.25) is 0 Å². The van der Waals surface area contributed by atoms with E-state index in [-0.39, 0.29) is 23.6 Å². The van der Waals surface area contributed by atoms with Crippen LogP contribution < -0.4 is 4.74 Å². The molecule has 7 heteroatoms. The molecule has 0 heterocycles. The summed E-state index contributed by atoms with van der Waals surface area (Å²) in [6.45, 7) is 3.19. The fourth-order valence-electron chi connectivity index (χ4n) is 1.58. The summed E-state index contributed by atoms with van der Waals surface area (Å²) in [6.07, 6.45) is 1.99. The van der Waals surface area contributed by atoms with Gasteiger partial charge in [0, 0.05) is 18.7 Å². The Balaban J connectivity index is 2.68. The summed E-state index contributed by atoms with van der Waals surface area (Å²) in [4.78, 5) is 21.8. The van der Waals surface area contributed by atoms with Crippen LogP contribution in [-0.2, 0) is 9.47 Å². The molecular weight excluding hydrogens is 278 g/mol.